The van der Waals surface area contributed by atoms with Crippen molar-refractivity contribution in [1.29, 1.82) is 0 Å². The number of aliphatic carboxylic acids is 1. The number of amides is 2. The van der Waals surface area contributed by atoms with Crippen LogP contribution in [0.1, 0.15) is 56.0 Å². The Morgan fingerprint density at radius 3 is 2.08 bits per heavy atom. The average molecular weight is 519 g/mol. The van der Waals surface area contributed by atoms with Crippen LogP contribution < -0.4 is 10.6 Å². The minimum Gasteiger partial charge on any atom is -0.481 e. The van der Waals surface area contributed by atoms with Crippen molar-refractivity contribution in [3.05, 3.63) is 95.8 Å². The molecule has 2 amide bonds. The van der Waals surface area contributed by atoms with Crippen LogP contribution >= 0.6 is 0 Å². The molecule has 0 saturated carbocycles. The molecule has 0 saturated heterocycles. The third-order valence-corrected chi connectivity index (χ3v) is 6.40. The Morgan fingerprint density at radius 2 is 1.50 bits per heavy atom. The zero-order valence-corrected chi connectivity index (χ0v) is 22.0. The van der Waals surface area contributed by atoms with Crippen molar-refractivity contribution in [2.75, 3.05) is 0 Å². The van der Waals surface area contributed by atoms with E-state index in [1.54, 1.807) is 24.3 Å². The maximum atomic E-state index is 13.4. The van der Waals surface area contributed by atoms with E-state index in [9.17, 15) is 23.9 Å². The van der Waals surface area contributed by atoms with E-state index in [4.69, 9.17) is 0 Å². The van der Waals surface area contributed by atoms with Gasteiger partial charge in [0.25, 0.3) is 5.91 Å². The molecule has 0 aliphatic rings. The predicted molar refractivity (Wildman–Crippen MR) is 146 cm³/mol. The Morgan fingerprint density at radius 1 is 0.895 bits per heavy atom. The molecule has 0 aliphatic heterocycles. The molecule has 0 fully saturated rings. The number of hydrogen-bond acceptors (Lipinski definition) is 3. The molecule has 0 aliphatic carbocycles. The van der Waals surface area contributed by atoms with E-state index in [1.807, 2.05) is 63.2 Å². The molecule has 3 aromatic carbocycles. The molecule has 7 heteroatoms. The Bertz CT molecular complexity index is 1220. The van der Waals surface area contributed by atoms with Crippen LogP contribution in [0.4, 0.5) is 4.39 Å². The fourth-order valence-electron chi connectivity index (χ4n) is 4.47. The molecular formula is C31H35FN2O4. The Labute approximate surface area is 223 Å². The van der Waals surface area contributed by atoms with Gasteiger partial charge in [-0.1, -0.05) is 67.9 Å². The number of hydrogen-bond donors (Lipinski definition) is 3. The predicted octanol–water partition coefficient (Wildman–Crippen LogP) is 5.62. The Hall–Kier alpha value is -4.00. The number of carboxylic acid groups (broad SMARTS) is 1. The largest absolute Gasteiger partial charge is 0.481 e. The second-order valence-corrected chi connectivity index (χ2v) is 10.2. The Balaban J connectivity index is 1.77. The molecule has 2 atom stereocenters. The molecule has 200 valence electrons. The fraction of sp³-hybridized carbons (Fsp3) is 0.323. The summed E-state index contributed by atoms with van der Waals surface area (Å²) in [5.74, 6) is -3.05. The first kappa shape index (κ1) is 28.6. The van der Waals surface area contributed by atoms with Gasteiger partial charge in [0.05, 0.1) is 5.92 Å². The molecule has 3 rings (SSSR count). The highest BCUT2D eigenvalue weighted by molar-refractivity contribution is 5.98. The molecule has 0 spiro atoms. The lowest BCUT2D eigenvalue weighted by molar-refractivity contribution is -0.142. The summed E-state index contributed by atoms with van der Waals surface area (Å²) in [5, 5.41) is 15.4. The summed E-state index contributed by atoms with van der Waals surface area (Å²) in [6, 6.07) is 21.8. The quantitative estimate of drug-likeness (QED) is 0.290. The van der Waals surface area contributed by atoms with Crippen LogP contribution in [0.15, 0.2) is 78.9 Å². The van der Waals surface area contributed by atoms with Gasteiger partial charge in [-0.05, 0) is 74.1 Å². The molecule has 1 unspecified atom stereocenters. The lowest BCUT2D eigenvalue weighted by atomic mass is 9.92. The van der Waals surface area contributed by atoms with Gasteiger partial charge in [-0.3, -0.25) is 14.4 Å². The van der Waals surface area contributed by atoms with E-state index >= 15 is 0 Å². The van der Waals surface area contributed by atoms with Gasteiger partial charge < -0.3 is 15.7 Å². The highest BCUT2D eigenvalue weighted by Gasteiger charge is 2.31. The van der Waals surface area contributed by atoms with Gasteiger partial charge in [0.2, 0.25) is 5.91 Å². The van der Waals surface area contributed by atoms with Gasteiger partial charge in [-0.2, -0.15) is 0 Å². The Kier molecular flexibility index (Phi) is 9.77. The molecule has 0 heterocycles. The normalized spacial score (nSPS) is 12.8. The molecule has 3 N–H and O–H groups in total. The summed E-state index contributed by atoms with van der Waals surface area (Å²) in [4.78, 5) is 38.4. The van der Waals surface area contributed by atoms with Crippen LogP contribution in [-0.4, -0.2) is 34.5 Å². The number of carbonyl (C=O) groups is 3. The van der Waals surface area contributed by atoms with E-state index < -0.39 is 35.3 Å². The topological polar surface area (TPSA) is 95.5 Å². The van der Waals surface area contributed by atoms with E-state index in [2.05, 4.69) is 10.6 Å². The zero-order valence-electron chi connectivity index (χ0n) is 22.0. The van der Waals surface area contributed by atoms with E-state index in [0.29, 0.717) is 24.8 Å². The molecule has 0 radical (unpaired) electrons. The zero-order chi connectivity index (χ0) is 27.7. The molecule has 38 heavy (non-hydrogen) atoms. The third kappa shape index (κ3) is 8.26. The molecular weight excluding hydrogens is 483 g/mol. The summed E-state index contributed by atoms with van der Waals surface area (Å²) >= 11 is 0. The molecule has 3 aromatic rings. The first-order valence-corrected chi connectivity index (χ1v) is 12.8. The maximum Gasteiger partial charge on any atom is 0.306 e. The summed E-state index contributed by atoms with van der Waals surface area (Å²) in [5.41, 5.74) is 2.45. The number of halogens is 1. The smallest absolute Gasteiger partial charge is 0.306 e. The summed E-state index contributed by atoms with van der Waals surface area (Å²) in [6.07, 6.45) is 1.42. The van der Waals surface area contributed by atoms with Crippen LogP contribution in [0.5, 0.6) is 0 Å². The van der Waals surface area contributed by atoms with Crippen LogP contribution in [0.3, 0.4) is 0 Å². The molecule has 0 aromatic heterocycles. The first-order chi connectivity index (χ1) is 18.1. The van der Waals surface area contributed by atoms with Crippen molar-refractivity contribution < 1.29 is 23.9 Å². The van der Waals surface area contributed by atoms with E-state index in [1.165, 1.54) is 12.1 Å². The van der Waals surface area contributed by atoms with Crippen LogP contribution in [0.2, 0.25) is 0 Å². The summed E-state index contributed by atoms with van der Waals surface area (Å²) in [7, 11) is 0. The minimum absolute atomic E-state index is 0.0323. The SMILES string of the molecule is CCCC(C[C@H](NC(=O)c1ccc(-c2ccccc2)cc1)C(=O)NC(C)(C)Cc1ccc(F)cc1)C(=O)O. The second kappa shape index (κ2) is 13.0. The minimum atomic E-state index is -1.04. The van der Waals surface area contributed by atoms with Crippen molar-refractivity contribution in [3.63, 3.8) is 0 Å². The van der Waals surface area contributed by atoms with Crippen LogP contribution in [-0.2, 0) is 16.0 Å². The molecule has 6 nitrogen and oxygen atoms in total. The standard InChI is InChI=1S/C31H35FN2O4/c1-4-8-25(30(37)38)19-27(29(36)34-31(2,3)20-21-11-17-26(32)18-12-21)33-28(35)24-15-13-23(14-16-24)22-9-6-5-7-10-22/h5-7,9-18,25,27H,4,8,19-20H2,1-3H3,(H,33,35)(H,34,36)(H,37,38)/t25?,27-/m0/s1. The van der Waals surface area contributed by atoms with Crippen LogP contribution in [0.25, 0.3) is 11.1 Å². The highest BCUT2D eigenvalue weighted by atomic mass is 19.1. The number of carboxylic acids is 1. The van der Waals surface area contributed by atoms with Crippen LogP contribution in [0, 0.1) is 11.7 Å². The third-order valence-electron chi connectivity index (χ3n) is 6.40. The van der Waals surface area contributed by atoms with Crippen molar-refractivity contribution >= 4 is 17.8 Å². The number of benzene rings is 3. The van der Waals surface area contributed by atoms with E-state index in [0.717, 1.165) is 16.7 Å². The fourth-order valence-corrected chi connectivity index (χ4v) is 4.47. The van der Waals surface area contributed by atoms with Crippen molar-refractivity contribution in [2.45, 2.75) is 58.0 Å². The molecule has 0 bridgehead atoms. The van der Waals surface area contributed by atoms with Gasteiger partial charge in [0.15, 0.2) is 0 Å². The van der Waals surface area contributed by atoms with Gasteiger partial charge in [0, 0.05) is 11.1 Å². The lowest BCUT2D eigenvalue weighted by Gasteiger charge is -2.30. The van der Waals surface area contributed by atoms with Gasteiger partial charge in [-0.15, -0.1) is 0 Å². The van der Waals surface area contributed by atoms with Gasteiger partial charge >= 0.3 is 5.97 Å². The summed E-state index contributed by atoms with van der Waals surface area (Å²) in [6.45, 7) is 5.54. The van der Waals surface area contributed by atoms with Crippen molar-refractivity contribution in [2.24, 2.45) is 5.92 Å². The van der Waals surface area contributed by atoms with E-state index in [-0.39, 0.29) is 12.2 Å². The first-order valence-electron chi connectivity index (χ1n) is 12.8. The second-order valence-electron chi connectivity index (χ2n) is 10.2. The van der Waals surface area contributed by atoms with Gasteiger partial charge in [-0.25, -0.2) is 4.39 Å². The number of carbonyl (C=O) groups excluding carboxylic acids is 2. The number of nitrogens with one attached hydrogen (secondary N) is 2. The van der Waals surface area contributed by atoms with Crippen molar-refractivity contribution in [3.8, 4) is 11.1 Å². The van der Waals surface area contributed by atoms with Gasteiger partial charge in [0.1, 0.15) is 11.9 Å². The highest BCUT2D eigenvalue weighted by Crippen LogP contribution is 2.21. The monoisotopic (exact) mass is 518 g/mol. The summed E-state index contributed by atoms with van der Waals surface area (Å²) < 4.78 is 13.3. The van der Waals surface area contributed by atoms with Crippen molar-refractivity contribution in [1.82, 2.24) is 10.6 Å². The maximum absolute atomic E-state index is 13.4. The lowest BCUT2D eigenvalue weighted by Crippen LogP contribution is -2.54. The number of rotatable bonds is 12. The average Bonchev–Trinajstić information content (AvgIpc) is 2.89.